The maximum atomic E-state index is 13.1. The number of nitrogens with one attached hydrogen (secondary N) is 1. The van der Waals surface area contributed by atoms with Crippen LogP contribution in [0.3, 0.4) is 0 Å². The number of methoxy groups -OCH3 is 1. The molecule has 3 aromatic rings. The molecule has 0 atom stereocenters. The Morgan fingerprint density at radius 2 is 2.06 bits per heavy atom. The van der Waals surface area contributed by atoms with E-state index < -0.39 is 6.09 Å². The monoisotopic (exact) mass is 468 g/mol. The van der Waals surface area contributed by atoms with Crippen LogP contribution in [0.1, 0.15) is 21.6 Å². The molecule has 1 saturated heterocycles. The molecule has 1 aromatic heterocycles. The number of aromatic nitrogens is 2. The summed E-state index contributed by atoms with van der Waals surface area (Å²) in [5.41, 5.74) is 2.57. The van der Waals surface area contributed by atoms with Gasteiger partial charge in [0.2, 0.25) is 5.78 Å². The van der Waals surface area contributed by atoms with Crippen molar-refractivity contribution in [2.45, 2.75) is 6.54 Å². The highest BCUT2D eigenvalue weighted by Crippen LogP contribution is 2.41. The zero-order valence-corrected chi connectivity index (χ0v) is 18.6. The van der Waals surface area contributed by atoms with Crippen molar-refractivity contribution in [3.8, 4) is 11.5 Å². The first-order valence-corrected chi connectivity index (χ1v) is 10.8. The lowest BCUT2D eigenvalue weighted by Gasteiger charge is -2.33. The second-order valence-electron chi connectivity index (χ2n) is 7.91. The van der Waals surface area contributed by atoms with E-state index >= 15 is 0 Å². The van der Waals surface area contributed by atoms with Gasteiger partial charge in [-0.25, -0.2) is 4.79 Å². The summed E-state index contributed by atoms with van der Waals surface area (Å²) in [7, 11) is 1.57. The second-order valence-corrected chi connectivity index (χ2v) is 8.34. The molecule has 3 heterocycles. The standard InChI is InChI=1S/C23H21ClN4O5/c1-32-19-5-3-14-21(29)20(11-18-15-10-13(24)2-4-17(15)25-26-18)33-22(14)16(19)12-27-6-8-28(9-7-27)23(30)31/h2-5,10-11H,6-9,12H2,1H3,(H,25,26)(H,30,31). The average Bonchev–Trinajstić information content (AvgIpc) is 3.35. The molecule has 0 aliphatic carbocycles. The average molecular weight is 469 g/mol. The Labute approximate surface area is 194 Å². The molecule has 2 aliphatic rings. The molecule has 9 nitrogen and oxygen atoms in total. The summed E-state index contributed by atoms with van der Waals surface area (Å²) in [6.45, 7) is 2.48. The minimum absolute atomic E-state index is 0.170. The highest BCUT2D eigenvalue weighted by Gasteiger charge is 2.33. The van der Waals surface area contributed by atoms with Crippen molar-refractivity contribution in [2.75, 3.05) is 33.3 Å². The van der Waals surface area contributed by atoms with Crippen molar-refractivity contribution in [2.24, 2.45) is 0 Å². The summed E-state index contributed by atoms with van der Waals surface area (Å²) in [5, 5.41) is 17.8. The maximum Gasteiger partial charge on any atom is 0.407 e. The number of Topliss-reactive ketones (excluding diaryl/α,β-unsaturated/α-hetero) is 1. The Bertz CT molecular complexity index is 1290. The number of amides is 1. The smallest absolute Gasteiger partial charge is 0.407 e. The summed E-state index contributed by atoms with van der Waals surface area (Å²) in [5.74, 6) is 1.01. The quantitative estimate of drug-likeness (QED) is 0.563. The molecule has 2 aromatic carbocycles. The molecule has 33 heavy (non-hydrogen) atoms. The number of nitrogens with zero attached hydrogens (tertiary/aromatic N) is 3. The summed E-state index contributed by atoms with van der Waals surface area (Å²) >= 11 is 6.12. The lowest BCUT2D eigenvalue weighted by Crippen LogP contribution is -2.47. The molecule has 5 rings (SSSR count). The zero-order valence-electron chi connectivity index (χ0n) is 17.8. The van der Waals surface area contributed by atoms with Crippen molar-refractivity contribution in [3.63, 3.8) is 0 Å². The molecule has 170 valence electrons. The van der Waals surface area contributed by atoms with E-state index in [4.69, 9.17) is 21.1 Å². The van der Waals surface area contributed by atoms with Gasteiger partial charge < -0.3 is 19.5 Å². The van der Waals surface area contributed by atoms with Crippen molar-refractivity contribution in [3.05, 3.63) is 57.9 Å². The molecular weight excluding hydrogens is 448 g/mol. The number of ether oxygens (including phenoxy) is 2. The van der Waals surface area contributed by atoms with E-state index in [1.54, 1.807) is 37.5 Å². The Morgan fingerprint density at radius 1 is 1.27 bits per heavy atom. The normalized spacial score (nSPS) is 17.5. The van der Waals surface area contributed by atoms with Crippen LogP contribution in [-0.2, 0) is 6.54 Å². The summed E-state index contributed by atoms with van der Waals surface area (Å²) in [6, 6.07) is 8.83. The van der Waals surface area contributed by atoms with Gasteiger partial charge in [-0.1, -0.05) is 11.6 Å². The van der Waals surface area contributed by atoms with Crippen LogP contribution < -0.4 is 9.47 Å². The topological polar surface area (TPSA) is 108 Å². The van der Waals surface area contributed by atoms with Gasteiger partial charge in [-0.3, -0.25) is 14.8 Å². The second kappa shape index (κ2) is 8.42. The van der Waals surface area contributed by atoms with Crippen molar-refractivity contribution in [1.82, 2.24) is 20.0 Å². The van der Waals surface area contributed by atoms with Gasteiger partial charge in [0.05, 0.1) is 29.4 Å². The fraction of sp³-hybridized carbons (Fsp3) is 0.261. The predicted molar refractivity (Wildman–Crippen MR) is 122 cm³/mol. The third kappa shape index (κ3) is 3.90. The van der Waals surface area contributed by atoms with Crippen LogP contribution in [0.4, 0.5) is 4.79 Å². The number of piperazine rings is 1. The molecule has 0 radical (unpaired) electrons. The molecule has 2 N–H and O–H groups in total. The van der Waals surface area contributed by atoms with Gasteiger partial charge in [-0.2, -0.15) is 5.10 Å². The van der Waals surface area contributed by atoms with Crippen LogP contribution in [0.2, 0.25) is 5.02 Å². The molecule has 0 spiro atoms. The molecule has 0 bridgehead atoms. The van der Waals surface area contributed by atoms with E-state index in [1.807, 2.05) is 6.07 Å². The van der Waals surface area contributed by atoms with E-state index in [2.05, 4.69) is 15.1 Å². The highest BCUT2D eigenvalue weighted by molar-refractivity contribution is 6.31. The predicted octanol–water partition coefficient (Wildman–Crippen LogP) is 3.64. The lowest BCUT2D eigenvalue weighted by molar-refractivity contribution is 0.101. The van der Waals surface area contributed by atoms with Gasteiger partial charge >= 0.3 is 6.09 Å². The molecule has 2 aliphatic heterocycles. The van der Waals surface area contributed by atoms with Crippen molar-refractivity contribution in [1.29, 1.82) is 0 Å². The summed E-state index contributed by atoms with van der Waals surface area (Å²) < 4.78 is 11.6. The fourth-order valence-corrected chi connectivity index (χ4v) is 4.36. The first kappa shape index (κ1) is 21.3. The third-order valence-corrected chi connectivity index (χ3v) is 6.20. The van der Waals surface area contributed by atoms with Gasteiger partial charge in [0.1, 0.15) is 11.5 Å². The Kier molecular flexibility index (Phi) is 5.43. The number of H-pyrrole nitrogens is 1. The number of hydrogen-bond donors (Lipinski definition) is 2. The number of aromatic amines is 1. The van der Waals surface area contributed by atoms with Crippen LogP contribution in [0.15, 0.2) is 36.1 Å². The summed E-state index contributed by atoms with van der Waals surface area (Å²) in [4.78, 5) is 27.8. The van der Waals surface area contributed by atoms with E-state index in [1.165, 1.54) is 4.90 Å². The first-order chi connectivity index (χ1) is 15.9. The number of benzene rings is 2. The number of carbonyl (C=O) groups excluding carboxylic acids is 1. The van der Waals surface area contributed by atoms with Crippen LogP contribution in [-0.4, -0.2) is 70.3 Å². The Balaban J connectivity index is 1.45. The van der Waals surface area contributed by atoms with Gasteiger partial charge in [0.25, 0.3) is 0 Å². The maximum absolute atomic E-state index is 13.1. The Hall–Kier alpha value is -3.56. The number of fused-ring (bicyclic) bond motifs is 2. The van der Waals surface area contributed by atoms with E-state index in [-0.39, 0.29) is 11.5 Å². The van der Waals surface area contributed by atoms with E-state index in [0.717, 1.165) is 16.5 Å². The van der Waals surface area contributed by atoms with Crippen molar-refractivity contribution < 1.29 is 24.2 Å². The number of hydrogen-bond acceptors (Lipinski definition) is 6. The summed E-state index contributed by atoms with van der Waals surface area (Å²) in [6.07, 6.45) is 0.697. The molecule has 1 amide bonds. The van der Waals surface area contributed by atoms with Crippen LogP contribution in [0, 0.1) is 0 Å². The number of ketones is 1. The van der Waals surface area contributed by atoms with Crippen LogP contribution in [0.25, 0.3) is 17.0 Å². The van der Waals surface area contributed by atoms with E-state index in [9.17, 15) is 14.7 Å². The number of carboxylic acid groups (broad SMARTS) is 1. The van der Waals surface area contributed by atoms with Crippen LogP contribution in [0.5, 0.6) is 11.5 Å². The first-order valence-electron chi connectivity index (χ1n) is 10.4. The molecule has 1 fully saturated rings. The van der Waals surface area contributed by atoms with Gasteiger partial charge in [0, 0.05) is 49.2 Å². The van der Waals surface area contributed by atoms with Gasteiger partial charge in [0.15, 0.2) is 5.76 Å². The number of halogens is 1. The Morgan fingerprint density at radius 3 is 2.79 bits per heavy atom. The van der Waals surface area contributed by atoms with Gasteiger partial charge in [-0.15, -0.1) is 0 Å². The van der Waals surface area contributed by atoms with Gasteiger partial charge in [-0.05, 0) is 30.3 Å². The third-order valence-electron chi connectivity index (χ3n) is 5.96. The minimum Gasteiger partial charge on any atom is -0.496 e. The van der Waals surface area contributed by atoms with Crippen LogP contribution >= 0.6 is 11.6 Å². The highest BCUT2D eigenvalue weighted by atomic mass is 35.5. The molecular formula is C23H21ClN4O5. The lowest BCUT2D eigenvalue weighted by atomic mass is 10.0. The van der Waals surface area contributed by atoms with Crippen molar-refractivity contribution >= 4 is 40.5 Å². The molecule has 10 heteroatoms. The number of carbonyl (C=O) groups is 2. The molecule has 0 unspecified atom stereocenters. The molecule has 0 saturated carbocycles. The fourth-order valence-electron chi connectivity index (χ4n) is 4.19. The minimum atomic E-state index is -0.913. The number of rotatable bonds is 4. The SMILES string of the molecule is COc1ccc2c(c1CN1CCN(C(=O)O)CC1)OC(=Cc1n[nH]c3ccc(Cl)cc13)C2=O. The largest absolute Gasteiger partial charge is 0.496 e. The van der Waals surface area contributed by atoms with E-state index in [0.29, 0.717) is 60.5 Å². The zero-order chi connectivity index (χ0) is 23.1. The number of allylic oxidation sites excluding steroid dienone is 1.